The second-order valence-corrected chi connectivity index (χ2v) is 6.34. The van der Waals surface area contributed by atoms with Crippen molar-refractivity contribution in [2.75, 3.05) is 6.61 Å². The van der Waals surface area contributed by atoms with Gasteiger partial charge in [-0.05, 0) is 47.2 Å². The number of aryl methyl sites for hydroxylation is 1. The summed E-state index contributed by atoms with van der Waals surface area (Å²) in [6, 6.07) is 15.5. The number of amides is 1. The molecule has 0 bridgehead atoms. The largest absolute Gasteiger partial charge is 0.484 e. The van der Waals surface area contributed by atoms with E-state index in [4.69, 9.17) is 10.5 Å². The third kappa shape index (κ3) is 4.57. The van der Waals surface area contributed by atoms with E-state index in [-0.39, 0.29) is 6.61 Å². The van der Waals surface area contributed by atoms with Crippen LogP contribution >= 0.6 is 11.8 Å². The van der Waals surface area contributed by atoms with E-state index in [1.165, 1.54) is 17.3 Å². The van der Waals surface area contributed by atoms with Crippen LogP contribution in [-0.4, -0.2) is 32.7 Å². The van der Waals surface area contributed by atoms with Crippen molar-refractivity contribution in [3.8, 4) is 11.4 Å². The van der Waals surface area contributed by atoms with Gasteiger partial charge in [-0.15, -0.1) is 5.10 Å². The number of rotatable bonds is 7. The summed E-state index contributed by atoms with van der Waals surface area (Å²) < 4.78 is 7.03. The molecule has 128 valence electrons. The summed E-state index contributed by atoms with van der Waals surface area (Å²) in [5.74, 6) is 0.770. The minimum absolute atomic E-state index is 0.137. The van der Waals surface area contributed by atoms with Crippen LogP contribution in [0.4, 0.5) is 0 Å². The molecule has 0 radical (unpaired) electrons. The molecule has 0 aliphatic rings. The minimum atomic E-state index is -0.503. The molecule has 7 nitrogen and oxygen atoms in total. The van der Waals surface area contributed by atoms with Crippen molar-refractivity contribution < 1.29 is 9.53 Å². The molecule has 0 unspecified atom stereocenters. The molecular weight excluding hydrogens is 338 g/mol. The number of primary amides is 1. The Bertz CT molecular complexity index is 863. The number of hydrogen-bond acceptors (Lipinski definition) is 6. The molecule has 3 aromatic rings. The first kappa shape index (κ1) is 17.0. The van der Waals surface area contributed by atoms with Gasteiger partial charge < -0.3 is 10.5 Å². The highest BCUT2D eigenvalue weighted by Gasteiger charge is 2.09. The number of ether oxygens (including phenoxy) is 1. The number of carbonyl (C=O) groups is 1. The van der Waals surface area contributed by atoms with E-state index in [9.17, 15) is 4.79 Å². The SMILES string of the molecule is Cc1ccc(-n2nnnc2SCc2cccc(OCC(N)=O)c2)cc1. The lowest BCUT2D eigenvalue weighted by Crippen LogP contribution is -2.20. The van der Waals surface area contributed by atoms with E-state index in [0.717, 1.165) is 11.3 Å². The number of hydrogen-bond donors (Lipinski definition) is 1. The van der Waals surface area contributed by atoms with Crippen LogP contribution in [0.5, 0.6) is 5.75 Å². The highest BCUT2D eigenvalue weighted by molar-refractivity contribution is 7.98. The second kappa shape index (κ2) is 7.80. The molecule has 25 heavy (non-hydrogen) atoms. The van der Waals surface area contributed by atoms with Gasteiger partial charge in [0.2, 0.25) is 5.16 Å². The first-order valence-electron chi connectivity index (χ1n) is 7.60. The quantitative estimate of drug-likeness (QED) is 0.652. The molecule has 0 spiro atoms. The summed E-state index contributed by atoms with van der Waals surface area (Å²) in [5.41, 5.74) is 8.22. The number of thioether (sulfide) groups is 1. The van der Waals surface area contributed by atoms with Crippen molar-refractivity contribution in [3.63, 3.8) is 0 Å². The van der Waals surface area contributed by atoms with Gasteiger partial charge in [0.25, 0.3) is 5.91 Å². The Hall–Kier alpha value is -2.87. The smallest absolute Gasteiger partial charge is 0.255 e. The molecule has 0 atom stereocenters. The number of nitrogens with two attached hydrogens (primary N) is 1. The van der Waals surface area contributed by atoms with Gasteiger partial charge >= 0.3 is 0 Å². The molecule has 0 saturated carbocycles. The number of tetrazole rings is 1. The van der Waals surface area contributed by atoms with Crippen molar-refractivity contribution in [2.24, 2.45) is 5.73 Å². The van der Waals surface area contributed by atoms with E-state index in [1.54, 1.807) is 10.7 Å². The van der Waals surface area contributed by atoms with Gasteiger partial charge in [-0.3, -0.25) is 4.79 Å². The van der Waals surface area contributed by atoms with Gasteiger partial charge in [-0.25, -0.2) is 0 Å². The van der Waals surface area contributed by atoms with Crippen LogP contribution in [0.1, 0.15) is 11.1 Å². The van der Waals surface area contributed by atoms with Crippen molar-refractivity contribution >= 4 is 17.7 Å². The van der Waals surface area contributed by atoms with Crippen LogP contribution in [0.2, 0.25) is 0 Å². The van der Waals surface area contributed by atoms with E-state index < -0.39 is 5.91 Å². The van der Waals surface area contributed by atoms with Crippen molar-refractivity contribution in [1.29, 1.82) is 0 Å². The lowest BCUT2D eigenvalue weighted by Gasteiger charge is -2.07. The fraction of sp³-hybridized carbons (Fsp3) is 0.176. The summed E-state index contributed by atoms with van der Waals surface area (Å²) in [5, 5.41) is 12.6. The third-order valence-corrected chi connectivity index (χ3v) is 4.36. The maximum absolute atomic E-state index is 10.8. The van der Waals surface area contributed by atoms with E-state index in [2.05, 4.69) is 15.5 Å². The van der Waals surface area contributed by atoms with E-state index >= 15 is 0 Å². The Kier molecular flexibility index (Phi) is 5.30. The number of benzene rings is 2. The van der Waals surface area contributed by atoms with Gasteiger partial charge in [0.15, 0.2) is 6.61 Å². The van der Waals surface area contributed by atoms with Gasteiger partial charge in [-0.1, -0.05) is 41.6 Å². The topological polar surface area (TPSA) is 95.9 Å². The van der Waals surface area contributed by atoms with Crippen molar-refractivity contribution in [3.05, 3.63) is 59.7 Å². The molecule has 1 aromatic heterocycles. The molecule has 0 aliphatic heterocycles. The monoisotopic (exact) mass is 355 g/mol. The molecular formula is C17H17N5O2S. The van der Waals surface area contributed by atoms with Gasteiger partial charge in [0, 0.05) is 5.75 Å². The lowest BCUT2D eigenvalue weighted by atomic mass is 10.2. The first-order valence-corrected chi connectivity index (χ1v) is 8.58. The summed E-state index contributed by atoms with van der Waals surface area (Å²) in [6.45, 7) is 1.90. The highest BCUT2D eigenvalue weighted by Crippen LogP contribution is 2.24. The Morgan fingerprint density at radius 2 is 2.04 bits per heavy atom. The summed E-state index contributed by atoms with van der Waals surface area (Å²) in [4.78, 5) is 10.8. The Balaban J connectivity index is 1.68. The van der Waals surface area contributed by atoms with Gasteiger partial charge in [0.05, 0.1) is 5.69 Å². The van der Waals surface area contributed by atoms with Crippen LogP contribution in [0.3, 0.4) is 0 Å². The standard InChI is InChI=1S/C17H17N5O2S/c1-12-5-7-14(8-6-12)22-17(19-20-21-22)25-11-13-3-2-4-15(9-13)24-10-16(18)23/h2-9H,10-11H2,1H3,(H2,18,23). The van der Waals surface area contributed by atoms with Crippen LogP contribution < -0.4 is 10.5 Å². The lowest BCUT2D eigenvalue weighted by molar-refractivity contribution is -0.119. The molecule has 0 saturated heterocycles. The van der Waals surface area contributed by atoms with Crippen LogP contribution in [-0.2, 0) is 10.5 Å². The zero-order chi connectivity index (χ0) is 17.6. The molecule has 8 heteroatoms. The fourth-order valence-corrected chi connectivity index (χ4v) is 2.98. The van der Waals surface area contributed by atoms with Gasteiger partial charge in [-0.2, -0.15) is 4.68 Å². The second-order valence-electron chi connectivity index (χ2n) is 5.40. The summed E-state index contributed by atoms with van der Waals surface area (Å²) in [7, 11) is 0. The Labute approximate surface area is 149 Å². The Morgan fingerprint density at radius 3 is 2.80 bits per heavy atom. The first-order chi connectivity index (χ1) is 12.1. The molecule has 2 N–H and O–H groups in total. The predicted octanol–water partition coefficient (Wildman–Crippen LogP) is 2.13. The van der Waals surface area contributed by atoms with Crippen LogP contribution in [0, 0.1) is 6.92 Å². The van der Waals surface area contributed by atoms with Gasteiger partial charge in [0.1, 0.15) is 5.75 Å². The van der Waals surface area contributed by atoms with Crippen LogP contribution in [0.15, 0.2) is 53.7 Å². The molecule has 0 aliphatic carbocycles. The van der Waals surface area contributed by atoms with Crippen molar-refractivity contribution in [2.45, 2.75) is 17.8 Å². The van der Waals surface area contributed by atoms with Crippen LogP contribution in [0.25, 0.3) is 5.69 Å². The molecule has 2 aromatic carbocycles. The predicted molar refractivity (Wildman–Crippen MR) is 94.6 cm³/mol. The fourth-order valence-electron chi connectivity index (χ4n) is 2.14. The molecule has 3 rings (SSSR count). The molecule has 1 amide bonds. The maximum atomic E-state index is 10.8. The zero-order valence-corrected chi connectivity index (χ0v) is 14.4. The number of carbonyl (C=O) groups excluding carboxylic acids is 1. The normalized spacial score (nSPS) is 10.6. The van der Waals surface area contributed by atoms with E-state index in [1.807, 2.05) is 49.4 Å². The summed E-state index contributed by atoms with van der Waals surface area (Å²) >= 11 is 1.52. The summed E-state index contributed by atoms with van der Waals surface area (Å²) in [6.07, 6.45) is 0. The average Bonchev–Trinajstić information content (AvgIpc) is 3.08. The van der Waals surface area contributed by atoms with E-state index in [0.29, 0.717) is 16.7 Å². The minimum Gasteiger partial charge on any atom is -0.484 e. The third-order valence-electron chi connectivity index (χ3n) is 3.37. The average molecular weight is 355 g/mol. The highest BCUT2D eigenvalue weighted by atomic mass is 32.2. The Morgan fingerprint density at radius 1 is 1.24 bits per heavy atom. The number of aromatic nitrogens is 4. The molecule has 0 fully saturated rings. The van der Waals surface area contributed by atoms with Crippen molar-refractivity contribution in [1.82, 2.24) is 20.2 Å². The molecule has 1 heterocycles. The number of nitrogens with zero attached hydrogens (tertiary/aromatic N) is 4. The maximum Gasteiger partial charge on any atom is 0.255 e. The zero-order valence-electron chi connectivity index (χ0n) is 13.6.